The molecule has 5 rings (SSSR count). The van der Waals surface area contributed by atoms with Crippen LogP contribution in [0.4, 0.5) is 0 Å². The molecule has 5 aromatic rings. The van der Waals surface area contributed by atoms with E-state index in [-0.39, 0.29) is 20.1 Å². The first-order valence-electron chi connectivity index (χ1n) is 10.2. The van der Waals surface area contributed by atoms with E-state index in [1.807, 2.05) is 79.0 Å². The number of hydrogen-bond donors (Lipinski definition) is 0. The smallest absolute Gasteiger partial charge is 0.0476 e. The summed E-state index contributed by atoms with van der Waals surface area (Å²) in [4.78, 5) is 8.59. The van der Waals surface area contributed by atoms with Crippen LogP contribution >= 0.6 is 0 Å². The Hall–Kier alpha value is -3.90. The van der Waals surface area contributed by atoms with Crippen molar-refractivity contribution in [3.63, 3.8) is 0 Å². The van der Waals surface area contributed by atoms with E-state index in [0.717, 1.165) is 22.5 Å². The summed E-state index contributed by atoms with van der Waals surface area (Å²) >= 11 is 0. The predicted molar refractivity (Wildman–Crippen MR) is 127 cm³/mol. The summed E-state index contributed by atoms with van der Waals surface area (Å²) in [6.45, 7) is 0. The Balaban J connectivity index is 0.000000186. The molecule has 0 saturated heterocycles. The van der Waals surface area contributed by atoms with Gasteiger partial charge in [0.2, 0.25) is 0 Å². The molecule has 2 aromatic heterocycles. The summed E-state index contributed by atoms with van der Waals surface area (Å²) in [5.74, 6) is 0. The standard InChI is InChI=1S/C17H12N.C12H7N2.Ir/c1-3-7-14(8-4-1)16-11-12-18-17(13-16)15-9-5-2-6-10-15;13-9-10-4-6-11(7-5-10)12-3-1-2-8-14-12;/h1-9,11-13H;1-6,8H;/q2*-1;. The monoisotopic (exact) mass is 602 g/mol. The Morgan fingerprint density at radius 2 is 1.39 bits per heavy atom. The van der Waals surface area contributed by atoms with Crippen molar-refractivity contribution in [3.05, 3.63) is 133 Å². The largest absolute Gasteiger partial charge is 0.305 e. The van der Waals surface area contributed by atoms with Crippen molar-refractivity contribution >= 4 is 0 Å². The third-order valence-corrected chi connectivity index (χ3v) is 4.73. The molecule has 0 aliphatic carbocycles. The van der Waals surface area contributed by atoms with E-state index in [1.54, 1.807) is 18.3 Å². The summed E-state index contributed by atoms with van der Waals surface area (Å²) in [5, 5.41) is 8.61. The van der Waals surface area contributed by atoms with Crippen LogP contribution in [0.15, 0.2) is 116 Å². The van der Waals surface area contributed by atoms with E-state index >= 15 is 0 Å². The van der Waals surface area contributed by atoms with Crippen LogP contribution in [0.25, 0.3) is 33.6 Å². The molecule has 4 heteroatoms. The summed E-state index contributed by atoms with van der Waals surface area (Å²) in [6, 6.07) is 41.6. The zero-order chi connectivity index (χ0) is 22.0. The van der Waals surface area contributed by atoms with Gasteiger partial charge in [-0.3, -0.25) is 0 Å². The number of hydrogen-bond acceptors (Lipinski definition) is 3. The van der Waals surface area contributed by atoms with Gasteiger partial charge in [-0.1, -0.05) is 48.5 Å². The normalized spacial score (nSPS) is 9.55. The maximum atomic E-state index is 8.61. The molecular formula is C29H19IrN3-2. The van der Waals surface area contributed by atoms with Gasteiger partial charge in [0.1, 0.15) is 0 Å². The molecule has 161 valence electrons. The molecule has 0 spiro atoms. The van der Waals surface area contributed by atoms with Crippen LogP contribution in [-0.4, -0.2) is 9.97 Å². The van der Waals surface area contributed by atoms with Gasteiger partial charge in [-0.05, 0) is 40.2 Å². The Bertz CT molecular complexity index is 1240. The van der Waals surface area contributed by atoms with E-state index in [9.17, 15) is 0 Å². The molecule has 3 aromatic carbocycles. The zero-order valence-corrected chi connectivity index (χ0v) is 20.0. The first-order chi connectivity index (χ1) is 15.8. The predicted octanol–water partition coefficient (Wildman–Crippen LogP) is 6.63. The van der Waals surface area contributed by atoms with E-state index < -0.39 is 0 Å². The van der Waals surface area contributed by atoms with Gasteiger partial charge < -0.3 is 9.97 Å². The van der Waals surface area contributed by atoms with Crippen molar-refractivity contribution in [2.24, 2.45) is 0 Å². The Kier molecular flexibility index (Phi) is 8.79. The van der Waals surface area contributed by atoms with Gasteiger partial charge in [0.05, 0.1) is 0 Å². The molecule has 1 radical (unpaired) electrons. The fourth-order valence-corrected chi connectivity index (χ4v) is 3.12. The summed E-state index contributed by atoms with van der Waals surface area (Å²) < 4.78 is 0. The van der Waals surface area contributed by atoms with Crippen LogP contribution in [0, 0.1) is 23.5 Å². The molecule has 0 aliphatic heterocycles. The second kappa shape index (κ2) is 12.2. The number of nitrogens with zero attached hydrogens (tertiary/aromatic N) is 3. The minimum Gasteiger partial charge on any atom is -0.305 e. The van der Waals surface area contributed by atoms with E-state index in [1.165, 1.54) is 11.1 Å². The van der Waals surface area contributed by atoms with Crippen molar-refractivity contribution in [2.75, 3.05) is 0 Å². The summed E-state index contributed by atoms with van der Waals surface area (Å²) in [5.41, 5.74) is 6.76. The van der Waals surface area contributed by atoms with Crippen molar-refractivity contribution in [1.82, 2.24) is 9.97 Å². The molecule has 2 heterocycles. The van der Waals surface area contributed by atoms with Gasteiger partial charge in [0.15, 0.2) is 0 Å². The minimum atomic E-state index is 0. The summed E-state index contributed by atoms with van der Waals surface area (Å²) in [6.07, 6.45) is 3.58. The third kappa shape index (κ3) is 6.54. The molecule has 0 unspecified atom stereocenters. The Labute approximate surface area is 207 Å². The van der Waals surface area contributed by atoms with Crippen molar-refractivity contribution < 1.29 is 20.1 Å². The van der Waals surface area contributed by atoms with Crippen LogP contribution < -0.4 is 0 Å². The Morgan fingerprint density at radius 1 is 0.636 bits per heavy atom. The van der Waals surface area contributed by atoms with Crippen LogP contribution in [0.1, 0.15) is 5.56 Å². The topological polar surface area (TPSA) is 49.6 Å². The van der Waals surface area contributed by atoms with Crippen molar-refractivity contribution in [2.45, 2.75) is 0 Å². The molecule has 0 N–H and O–H groups in total. The van der Waals surface area contributed by atoms with Gasteiger partial charge in [-0.15, -0.1) is 65.7 Å². The van der Waals surface area contributed by atoms with Crippen molar-refractivity contribution in [1.29, 1.82) is 5.26 Å². The van der Waals surface area contributed by atoms with Gasteiger partial charge in [-0.25, -0.2) is 5.26 Å². The molecular weight excluding hydrogens is 583 g/mol. The molecule has 3 nitrogen and oxygen atoms in total. The Morgan fingerprint density at radius 3 is 2.06 bits per heavy atom. The minimum absolute atomic E-state index is 0. The fourth-order valence-electron chi connectivity index (χ4n) is 3.12. The zero-order valence-electron chi connectivity index (χ0n) is 17.6. The number of rotatable bonds is 3. The van der Waals surface area contributed by atoms with Gasteiger partial charge >= 0.3 is 0 Å². The number of aromatic nitrogens is 2. The molecule has 0 atom stereocenters. The van der Waals surface area contributed by atoms with Gasteiger partial charge in [0, 0.05) is 38.6 Å². The maximum Gasteiger partial charge on any atom is 0.0476 e. The average molecular weight is 602 g/mol. The molecule has 0 amide bonds. The van der Waals surface area contributed by atoms with Gasteiger partial charge in [-0.2, -0.15) is 0 Å². The second-order valence-corrected chi connectivity index (χ2v) is 6.89. The third-order valence-electron chi connectivity index (χ3n) is 4.73. The molecule has 0 bridgehead atoms. The molecule has 0 aliphatic rings. The number of nitriles is 1. The van der Waals surface area contributed by atoms with Crippen LogP contribution in [0.5, 0.6) is 0 Å². The van der Waals surface area contributed by atoms with Gasteiger partial charge in [0.25, 0.3) is 0 Å². The molecule has 0 saturated carbocycles. The maximum absolute atomic E-state index is 8.61. The summed E-state index contributed by atoms with van der Waals surface area (Å²) in [7, 11) is 0. The second-order valence-electron chi connectivity index (χ2n) is 6.89. The molecule has 0 fully saturated rings. The van der Waals surface area contributed by atoms with Crippen LogP contribution in [0.3, 0.4) is 0 Å². The quantitative estimate of drug-likeness (QED) is 0.218. The average Bonchev–Trinajstić information content (AvgIpc) is 2.91. The number of pyridine rings is 2. The van der Waals surface area contributed by atoms with Crippen molar-refractivity contribution in [3.8, 4) is 39.7 Å². The van der Waals surface area contributed by atoms with E-state index in [4.69, 9.17) is 5.26 Å². The first-order valence-corrected chi connectivity index (χ1v) is 10.2. The fraction of sp³-hybridized carbons (Fsp3) is 0. The van der Waals surface area contributed by atoms with Crippen LogP contribution in [-0.2, 0) is 20.1 Å². The van der Waals surface area contributed by atoms with E-state index in [0.29, 0.717) is 5.56 Å². The van der Waals surface area contributed by atoms with E-state index in [2.05, 4.69) is 46.4 Å². The first kappa shape index (κ1) is 23.8. The number of benzene rings is 3. The SMILES string of the molecule is N#Cc1c[c-]c(-c2ccccn2)cc1.[Ir].[c-]1ccccc1-c1cc(-c2ccccc2)ccn1. The molecule has 33 heavy (non-hydrogen) atoms. The van der Waals surface area contributed by atoms with Crippen LogP contribution in [0.2, 0.25) is 0 Å².